The number of benzene rings is 2. The molecular weight excluding hydrogens is 445 g/mol. The van der Waals surface area contributed by atoms with Crippen molar-refractivity contribution in [1.82, 2.24) is 0 Å². The zero-order valence-corrected chi connectivity index (χ0v) is 19.4. The molecule has 34 heavy (non-hydrogen) atoms. The smallest absolute Gasteiger partial charge is 0.402 e. The number of aliphatic hydroxyl groups is 1. The Hall–Kier alpha value is -2.77. The topological polar surface area (TPSA) is 51.2 Å². The van der Waals surface area contributed by atoms with Crippen LogP contribution in [0.4, 0.5) is 13.2 Å². The van der Waals surface area contributed by atoms with Gasteiger partial charge >= 0.3 is 6.18 Å². The molecule has 2 aromatic carbocycles. The summed E-state index contributed by atoms with van der Waals surface area (Å²) < 4.78 is 61.1. The van der Waals surface area contributed by atoms with E-state index in [1.807, 2.05) is 0 Å². The predicted octanol–water partition coefficient (Wildman–Crippen LogP) is 5.55. The van der Waals surface area contributed by atoms with Crippen molar-refractivity contribution in [2.75, 3.05) is 26.4 Å². The zero-order chi connectivity index (χ0) is 24.8. The second kappa shape index (κ2) is 11.1. The molecule has 1 fully saturated rings. The van der Waals surface area contributed by atoms with Gasteiger partial charge in [-0.15, -0.1) is 13.2 Å². The monoisotopic (exact) mass is 476 g/mol. The maximum absolute atomic E-state index is 14.9. The highest BCUT2D eigenvalue weighted by molar-refractivity contribution is 5.52. The van der Waals surface area contributed by atoms with Crippen LogP contribution >= 0.6 is 0 Å². The Morgan fingerprint density at radius 1 is 1.00 bits per heavy atom. The number of aliphatic hydroxyl groups excluding tert-OH is 1. The van der Waals surface area contributed by atoms with E-state index in [4.69, 9.17) is 19.3 Å². The molecule has 0 saturated carbocycles. The third kappa shape index (κ3) is 5.83. The van der Waals surface area contributed by atoms with E-state index in [0.29, 0.717) is 42.3 Å². The highest BCUT2D eigenvalue weighted by Crippen LogP contribution is 2.49. The Kier molecular flexibility index (Phi) is 8.44. The fourth-order valence-electron chi connectivity index (χ4n) is 4.00. The quantitative estimate of drug-likeness (QED) is 0.234. The minimum absolute atomic E-state index is 0.0246. The first-order valence-corrected chi connectivity index (χ1v) is 11.3. The van der Waals surface area contributed by atoms with Gasteiger partial charge in [0.15, 0.2) is 0 Å². The summed E-state index contributed by atoms with van der Waals surface area (Å²) in [5, 5.41) is 8.96. The first-order chi connectivity index (χ1) is 16.2. The van der Waals surface area contributed by atoms with Crippen molar-refractivity contribution in [3.63, 3.8) is 0 Å². The molecule has 184 valence electrons. The number of rotatable bonds is 13. The molecule has 4 nitrogen and oxygen atoms in total. The molecule has 1 aliphatic heterocycles. The third-order valence-electron chi connectivity index (χ3n) is 5.94. The molecule has 1 N–H and O–H groups in total. The summed E-state index contributed by atoms with van der Waals surface area (Å²) in [6, 6.07) is 9.38. The zero-order valence-electron chi connectivity index (χ0n) is 19.4. The van der Waals surface area contributed by atoms with Gasteiger partial charge in [0.25, 0.3) is 0 Å². The summed E-state index contributed by atoms with van der Waals surface area (Å²) in [6.45, 7) is 9.91. The fraction of sp³-hybridized carbons (Fsp3) is 0.407. The fourth-order valence-corrected chi connectivity index (χ4v) is 4.00. The Morgan fingerprint density at radius 2 is 1.53 bits per heavy atom. The largest absolute Gasteiger partial charge is 0.493 e. The van der Waals surface area contributed by atoms with Gasteiger partial charge in [-0.3, -0.25) is 0 Å². The van der Waals surface area contributed by atoms with E-state index in [9.17, 15) is 13.2 Å². The summed E-state index contributed by atoms with van der Waals surface area (Å²) in [7, 11) is 0. The molecule has 2 unspecified atom stereocenters. The van der Waals surface area contributed by atoms with Crippen molar-refractivity contribution in [3.05, 3.63) is 84.0 Å². The SMILES string of the molecule is C=CCc1cc(OCCCO)ccc1C(C)(c1ccc(OCC2CO2)cc1CC=C)C(F)(F)F. The second-order valence-corrected chi connectivity index (χ2v) is 8.44. The van der Waals surface area contributed by atoms with Gasteiger partial charge in [-0.2, -0.15) is 13.2 Å². The lowest BCUT2D eigenvalue weighted by molar-refractivity contribution is -0.173. The van der Waals surface area contributed by atoms with Gasteiger partial charge in [-0.25, -0.2) is 0 Å². The van der Waals surface area contributed by atoms with Crippen LogP contribution in [0, 0.1) is 0 Å². The number of halogens is 3. The lowest BCUT2D eigenvalue weighted by Gasteiger charge is -2.36. The molecule has 0 aliphatic carbocycles. The van der Waals surface area contributed by atoms with Gasteiger partial charge in [0, 0.05) is 13.0 Å². The van der Waals surface area contributed by atoms with Crippen molar-refractivity contribution >= 4 is 0 Å². The molecule has 2 atom stereocenters. The van der Waals surface area contributed by atoms with Crippen LogP contribution in [0.2, 0.25) is 0 Å². The molecule has 1 saturated heterocycles. The number of alkyl halides is 3. The van der Waals surface area contributed by atoms with Gasteiger partial charge in [-0.05, 0) is 66.3 Å². The van der Waals surface area contributed by atoms with E-state index >= 15 is 0 Å². The van der Waals surface area contributed by atoms with Crippen LogP contribution in [0.25, 0.3) is 0 Å². The summed E-state index contributed by atoms with van der Waals surface area (Å²) in [5.41, 5.74) is -1.02. The van der Waals surface area contributed by atoms with Crippen LogP contribution in [-0.2, 0) is 23.0 Å². The van der Waals surface area contributed by atoms with Gasteiger partial charge in [0.1, 0.15) is 29.6 Å². The molecule has 1 aliphatic rings. The van der Waals surface area contributed by atoms with E-state index in [-0.39, 0.29) is 43.3 Å². The van der Waals surface area contributed by atoms with Crippen molar-refractivity contribution in [1.29, 1.82) is 0 Å². The van der Waals surface area contributed by atoms with Gasteiger partial charge < -0.3 is 19.3 Å². The van der Waals surface area contributed by atoms with Crippen molar-refractivity contribution < 1.29 is 32.5 Å². The van der Waals surface area contributed by atoms with Crippen molar-refractivity contribution in [3.8, 4) is 11.5 Å². The Labute approximate surface area is 198 Å². The van der Waals surface area contributed by atoms with Crippen LogP contribution in [-0.4, -0.2) is 43.8 Å². The molecule has 7 heteroatoms. The maximum atomic E-state index is 14.9. The molecule has 1 heterocycles. The summed E-state index contributed by atoms with van der Waals surface area (Å²) >= 11 is 0. The van der Waals surface area contributed by atoms with Crippen LogP contribution in [0.15, 0.2) is 61.7 Å². The number of ether oxygens (including phenoxy) is 3. The number of epoxide rings is 1. The van der Waals surface area contributed by atoms with Crippen molar-refractivity contribution in [2.45, 2.75) is 43.9 Å². The number of hydrogen-bond donors (Lipinski definition) is 1. The van der Waals surface area contributed by atoms with E-state index in [1.165, 1.54) is 19.1 Å². The molecular formula is C27H31F3O4. The van der Waals surface area contributed by atoms with Gasteiger partial charge in [-0.1, -0.05) is 24.3 Å². The average Bonchev–Trinajstić information content (AvgIpc) is 3.62. The number of allylic oxidation sites excluding steroid dienone is 2. The molecule has 0 radical (unpaired) electrons. The van der Waals surface area contributed by atoms with Crippen molar-refractivity contribution in [2.24, 2.45) is 0 Å². The first-order valence-electron chi connectivity index (χ1n) is 11.3. The summed E-state index contributed by atoms with van der Waals surface area (Å²) in [5.74, 6) is 0.954. The van der Waals surface area contributed by atoms with Gasteiger partial charge in [0.2, 0.25) is 0 Å². The van der Waals surface area contributed by atoms with Crippen LogP contribution in [0.3, 0.4) is 0 Å². The molecule has 0 aromatic heterocycles. The highest BCUT2D eigenvalue weighted by Gasteiger charge is 2.55. The predicted molar refractivity (Wildman–Crippen MR) is 126 cm³/mol. The third-order valence-corrected chi connectivity index (χ3v) is 5.94. The standard InChI is InChI=1S/C27H31F3O4/c1-4-7-19-15-21(32-14-6-13-31)9-11-24(19)26(3,27(28,29)30)25-12-10-22(16-20(25)8-5-2)33-17-23-18-34-23/h4-5,9-12,15-16,23,31H,1-2,6-8,13-14,17-18H2,3H3. The Balaban J connectivity index is 2.09. The number of hydrogen-bond acceptors (Lipinski definition) is 4. The Morgan fingerprint density at radius 3 is 1.97 bits per heavy atom. The summed E-state index contributed by atoms with van der Waals surface area (Å²) in [6.07, 6.45) is -0.425. The lowest BCUT2D eigenvalue weighted by Crippen LogP contribution is -2.42. The summed E-state index contributed by atoms with van der Waals surface area (Å²) in [4.78, 5) is 0. The molecule has 0 bridgehead atoms. The molecule has 0 spiro atoms. The lowest BCUT2D eigenvalue weighted by atomic mass is 9.71. The van der Waals surface area contributed by atoms with E-state index < -0.39 is 11.6 Å². The second-order valence-electron chi connectivity index (χ2n) is 8.44. The van der Waals surface area contributed by atoms with E-state index in [1.54, 1.807) is 36.4 Å². The van der Waals surface area contributed by atoms with E-state index in [2.05, 4.69) is 13.2 Å². The highest BCUT2D eigenvalue weighted by atomic mass is 19.4. The van der Waals surface area contributed by atoms with Crippen LogP contribution in [0.5, 0.6) is 11.5 Å². The molecule has 0 amide bonds. The van der Waals surface area contributed by atoms with E-state index in [0.717, 1.165) is 0 Å². The minimum atomic E-state index is -4.58. The molecule has 2 aromatic rings. The average molecular weight is 477 g/mol. The maximum Gasteiger partial charge on any atom is 0.402 e. The minimum Gasteiger partial charge on any atom is -0.493 e. The normalized spacial score (nSPS) is 17.0. The molecule has 3 rings (SSSR count). The Bertz CT molecular complexity index is 998. The van der Waals surface area contributed by atoms with Crippen LogP contribution in [0.1, 0.15) is 35.6 Å². The van der Waals surface area contributed by atoms with Gasteiger partial charge in [0.05, 0.1) is 13.2 Å². The first kappa shape index (κ1) is 25.8. The van der Waals surface area contributed by atoms with Crippen LogP contribution < -0.4 is 9.47 Å².